The van der Waals surface area contributed by atoms with Crippen molar-refractivity contribution in [2.45, 2.75) is 76.0 Å². The smallest absolute Gasteiger partial charge is 0.330 e. The summed E-state index contributed by atoms with van der Waals surface area (Å²) >= 11 is 1.27. The number of hydrogen-bond acceptors (Lipinski definition) is 7. The van der Waals surface area contributed by atoms with Gasteiger partial charge >= 0.3 is 5.97 Å². The lowest BCUT2D eigenvalue weighted by atomic mass is 9.90. The molecule has 0 bridgehead atoms. The van der Waals surface area contributed by atoms with Gasteiger partial charge in [-0.05, 0) is 55.9 Å². The number of benzene rings is 2. The number of aryl methyl sites for hydroxylation is 1. The summed E-state index contributed by atoms with van der Waals surface area (Å²) in [5.74, 6) is -0.193. The van der Waals surface area contributed by atoms with E-state index in [1.165, 1.54) is 17.3 Å². The van der Waals surface area contributed by atoms with Gasteiger partial charge < -0.3 is 23.8 Å². The second kappa shape index (κ2) is 14.7. The number of amides is 1. The standard InChI is InChI=1S/C33H41NO6S/c1-5-6-10-24(2)19-31(35)39-29-20-28(18-13-25-11-8-7-9-12-25)40-33(21-29,38-4)30-23-41-32(36)34(30)22-26-14-16-27(37-3)17-15-26/h5,7-9,11-12,14-17,19,28-30H,1,6,10,13,18,20-23H2,2-4H3/t28-,29+,30-,33+/m0/s1. The topological polar surface area (TPSA) is 74.3 Å². The minimum Gasteiger partial charge on any atom is -0.497 e. The Bertz CT molecular complexity index is 1200. The van der Waals surface area contributed by atoms with Crippen LogP contribution in [0, 0.1) is 0 Å². The van der Waals surface area contributed by atoms with Crippen LogP contribution in [0.3, 0.4) is 0 Å². The van der Waals surface area contributed by atoms with Gasteiger partial charge in [0.15, 0.2) is 5.79 Å². The van der Waals surface area contributed by atoms with Crippen LogP contribution in [0.15, 0.2) is 78.9 Å². The molecule has 8 heteroatoms. The summed E-state index contributed by atoms with van der Waals surface area (Å²) in [6, 6.07) is 17.6. The van der Waals surface area contributed by atoms with Gasteiger partial charge in [0.1, 0.15) is 11.9 Å². The van der Waals surface area contributed by atoms with E-state index in [1.54, 1.807) is 20.3 Å². The summed E-state index contributed by atoms with van der Waals surface area (Å²) in [5.41, 5.74) is 3.15. The molecule has 2 aliphatic rings. The average Bonchev–Trinajstić information content (AvgIpc) is 3.35. The Hall–Kier alpha value is -3.07. The van der Waals surface area contributed by atoms with Crippen molar-refractivity contribution in [2.24, 2.45) is 0 Å². The summed E-state index contributed by atoms with van der Waals surface area (Å²) in [4.78, 5) is 27.9. The van der Waals surface area contributed by atoms with E-state index in [9.17, 15) is 9.59 Å². The zero-order valence-corrected chi connectivity index (χ0v) is 25.1. The number of rotatable bonds is 13. The zero-order chi connectivity index (χ0) is 29.2. The van der Waals surface area contributed by atoms with E-state index in [4.69, 9.17) is 18.9 Å². The summed E-state index contributed by atoms with van der Waals surface area (Å²) in [6.45, 7) is 6.10. The lowest BCUT2D eigenvalue weighted by Crippen LogP contribution is -2.60. The fourth-order valence-electron chi connectivity index (χ4n) is 5.51. The molecule has 2 aromatic carbocycles. The van der Waals surface area contributed by atoms with Gasteiger partial charge in [0, 0.05) is 38.3 Å². The summed E-state index contributed by atoms with van der Waals surface area (Å²) in [6.07, 6.45) is 6.81. The summed E-state index contributed by atoms with van der Waals surface area (Å²) in [5, 5.41) is -0.0217. The maximum Gasteiger partial charge on any atom is 0.330 e. The third kappa shape index (κ3) is 8.24. The molecule has 41 heavy (non-hydrogen) atoms. The Balaban J connectivity index is 1.56. The fourth-order valence-corrected chi connectivity index (χ4v) is 6.60. The first-order valence-corrected chi connectivity index (χ1v) is 15.2. The Morgan fingerprint density at radius 2 is 1.90 bits per heavy atom. The largest absolute Gasteiger partial charge is 0.497 e. The molecule has 2 saturated heterocycles. The molecule has 2 heterocycles. The fraction of sp³-hybridized carbons (Fsp3) is 0.455. The molecule has 0 spiro atoms. The Kier molecular flexibility index (Phi) is 11.1. The van der Waals surface area contributed by atoms with E-state index in [2.05, 4.69) is 18.7 Å². The monoisotopic (exact) mass is 579 g/mol. The van der Waals surface area contributed by atoms with Crippen molar-refractivity contribution in [1.82, 2.24) is 4.90 Å². The first-order chi connectivity index (χ1) is 19.9. The number of carbonyl (C=O) groups is 2. The number of thioether (sulfide) groups is 1. The number of allylic oxidation sites excluding steroid dienone is 2. The normalized spacial score (nSPS) is 24.8. The molecular formula is C33H41NO6S. The Labute approximate surface area is 247 Å². The zero-order valence-electron chi connectivity index (χ0n) is 24.3. The van der Waals surface area contributed by atoms with Crippen LogP contribution in [0.25, 0.3) is 0 Å². The Morgan fingerprint density at radius 3 is 2.59 bits per heavy atom. The molecule has 0 aromatic heterocycles. The van der Waals surface area contributed by atoms with Crippen molar-refractivity contribution >= 4 is 23.0 Å². The summed E-state index contributed by atoms with van der Waals surface area (Å²) < 4.78 is 24.2. The highest BCUT2D eigenvalue weighted by Crippen LogP contribution is 2.42. The van der Waals surface area contributed by atoms with Gasteiger partial charge in [0.25, 0.3) is 5.24 Å². The number of nitrogens with zero attached hydrogens (tertiary/aromatic N) is 1. The van der Waals surface area contributed by atoms with Gasteiger partial charge in [-0.15, -0.1) is 6.58 Å². The number of hydrogen-bond donors (Lipinski definition) is 0. The highest BCUT2D eigenvalue weighted by atomic mass is 32.2. The van der Waals surface area contributed by atoms with Crippen molar-refractivity contribution in [2.75, 3.05) is 20.0 Å². The SMILES string of the molecule is C=CCCC(C)=CC(=O)O[C@@H]1C[C@H](CCc2ccccc2)O[C@@](OC)([C@@H]2CSC(=O)N2Cc2ccc(OC)cc2)C1. The van der Waals surface area contributed by atoms with E-state index < -0.39 is 11.9 Å². The van der Waals surface area contributed by atoms with E-state index in [0.717, 1.165) is 42.6 Å². The molecule has 0 N–H and O–H groups in total. The molecule has 1 amide bonds. The molecule has 2 fully saturated rings. The number of ether oxygens (including phenoxy) is 4. The van der Waals surface area contributed by atoms with Gasteiger partial charge in [0.05, 0.1) is 19.3 Å². The lowest BCUT2D eigenvalue weighted by molar-refractivity contribution is -0.305. The van der Waals surface area contributed by atoms with Crippen LogP contribution in [-0.2, 0) is 32.0 Å². The van der Waals surface area contributed by atoms with Crippen molar-refractivity contribution < 1.29 is 28.5 Å². The van der Waals surface area contributed by atoms with Crippen LogP contribution in [0.1, 0.15) is 50.2 Å². The number of carbonyl (C=O) groups excluding carboxylic acids is 2. The molecule has 0 radical (unpaired) electrons. The van der Waals surface area contributed by atoms with E-state index >= 15 is 0 Å². The molecule has 4 rings (SSSR count). The van der Waals surface area contributed by atoms with E-state index in [1.807, 2.05) is 60.4 Å². The molecule has 2 aromatic rings. The first kappa shape index (κ1) is 30.9. The number of methoxy groups -OCH3 is 2. The molecule has 0 saturated carbocycles. The molecule has 0 aliphatic carbocycles. The van der Waals surface area contributed by atoms with Crippen molar-refractivity contribution in [3.8, 4) is 5.75 Å². The van der Waals surface area contributed by atoms with Gasteiger partial charge in [-0.25, -0.2) is 4.79 Å². The second-order valence-corrected chi connectivity index (χ2v) is 11.6. The van der Waals surface area contributed by atoms with Crippen LogP contribution in [0.4, 0.5) is 4.79 Å². The summed E-state index contributed by atoms with van der Waals surface area (Å²) in [7, 11) is 3.25. The minimum atomic E-state index is -1.11. The van der Waals surface area contributed by atoms with Crippen LogP contribution in [0.5, 0.6) is 5.75 Å². The maximum atomic E-state index is 13.1. The van der Waals surface area contributed by atoms with Gasteiger partial charge in [-0.3, -0.25) is 4.79 Å². The Morgan fingerprint density at radius 1 is 1.15 bits per heavy atom. The van der Waals surface area contributed by atoms with Crippen molar-refractivity contribution in [1.29, 1.82) is 0 Å². The van der Waals surface area contributed by atoms with Crippen LogP contribution in [-0.4, -0.2) is 60.1 Å². The van der Waals surface area contributed by atoms with Gasteiger partial charge in [-0.1, -0.05) is 65.9 Å². The van der Waals surface area contributed by atoms with Gasteiger partial charge in [0.2, 0.25) is 0 Å². The minimum absolute atomic E-state index is 0.0217. The third-order valence-corrected chi connectivity index (χ3v) is 8.70. The maximum absolute atomic E-state index is 13.1. The average molecular weight is 580 g/mol. The molecule has 2 aliphatic heterocycles. The van der Waals surface area contributed by atoms with Gasteiger partial charge in [-0.2, -0.15) is 0 Å². The predicted molar refractivity (Wildman–Crippen MR) is 162 cm³/mol. The first-order valence-electron chi connectivity index (χ1n) is 14.2. The van der Waals surface area contributed by atoms with E-state index in [-0.39, 0.29) is 23.4 Å². The molecule has 0 unspecified atom stereocenters. The quantitative estimate of drug-likeness (QED) is 0.148. The predicted octanol–water partition coefficient (Wildman–Crippen LogP) is 6.71. The van der Waals surface area contributed by atoms with Crippen molar-refractivity contribution in [3.63, 3.8) is 0 Å². The van der Waals surface area contributed by atoms with E-state index in [0.29, 0.717) is 25.1 Å². The highest BCUT2D eigenvalue weighted by Gasteiger charge is 2.54. The molecule has 4 atom stereocenters. The molecule has 7 nitrogen and oxygen atoms in total. The number of esters is 1. The van der Waals surface area contributed by atoms with Crippen molar-refractivity contribution in [3.05, 3.63) is 90.0 Å². The third-order valence-electron chi connectivity index (χ3n) is 7.73. The second-order valence-electron chi connectivity index (χ2n) is 10.7. The molecular weight excluding hydrogens is 538 g/mol. The van der Waals surface area contributed by atoms with Crippen LogP contribution < -0.4 is 4.74 Å². The molecule has 220 valence electrons. The van der Waals surface area contributed by atoms with Crippen LogP contribution in [0.2, 0.25) is 0 Å². The highest BCUT2D eigenvalue weighted by molar-refractivity contribution is 8.13. The lowest BCUT2D eigenvalue weighted by Gasteiger charge is -2.48. The van der Waals surface area contributed by atoms with Crippen LogP contribution >= 0.6 is 11.8 Å².